The molecule has 0 spiro atoms. The molecule has 8 heteroatoms. The second-order valence-electron chi connectivity index (χ2n) is 7.72. The number of amides is 1. The molecule has 1 amide bonds. The van der Waals surface area contributed by atoms with Crippen LogP contribution in [-0.2, 0) is 4.79 Å². The van der Waals surface area contributed by atoms with Gasteiger partial charge >= 0.3 is 0 Å². The number of carbonyl (C=O) groups is 1. The molecule has 2 aromatic heterocycles. The lowest BCUT2D eigenvalue weighted by Gasteiger charge is -2.14. The zero-order valence-corrected chi connectivity index (χ0v) is 17.8. The Balaban J connectivity index is 1.79. The molecule has 152 valence electrons. The quantitative estimate of drug-likeness (QED) is 0.511. The van der Waals surface area contributed by atoms with E-state index < -0.39 is 0 Å². The topological polar surface area (TPSA) is 72.5 Å². The summed E-state index contributed by atoms with van der Waals surface area (Å²) in [7, 11) is 1.82. The average Bonchev–Trinajstić information content (AvgIpc) is 3.28. The highest BCUT2D eigenvalue weighted by Crippen LogP contribution is 2.31. The minimum atomic E-state index is -0.192. The molecule has 2 aromatic carbocycles. The van der Waals surface area contributed by atoms with Crippen molar-refractivity contribution in [2.24, 2.45) is 0 Å². The molecule has 0 radical (unpaired) electrons. The van der Waals surface area contributed by atoms with Crippen LogP contribution in [0, 0.1) is 13.8 Å². The number of thioether (sulfide) groups is 1. The van der Waals surface area contributed by atoms with Crippen LogP contribution in [-0.4, -0.2) is 48.8 Å². The number of aryl methyl sites for hydroxylation is 2. The molecule has 1 fully saturated rings. The van der Waals surface area contributed by atoms with E-state index in [1.807, 2.05) is 67.8 Å². The van der Waals surface area contributed by atoms with Gasteiger partial charge in [-0.3, -0.25) is 14.0 Å². The van der Waals surface area contributed by atoms with E-state index in [0.29, 0.717) is 16.3 Å². The zero-order valence-electron chi connectivity index (χ0n) is 17.0. The number of nitrogens with zero attached hydrogens (tertiary/aromatic N) is 5. The standard InChI is InChI=1S/C22H21N5O2S/c1-13-8-9-16(14(2)12-13)26-19(28)15-6-4-5-7-17(15)27-21(26)23-24-22(27)30-18-10-11-25(3)20(18)29/h4-9,12,18H,10-11H2,1-3H3. The monoisotopic (exact) mass is 419 g/mol. The first kappa shape index (κ1) is 18.9. The smallest absolute Gasteiger partial charge is 0.267 e. The average molecular weight is 420 g/mol. The maximum atomic E-state index is 13.4. The van der Waals surface area contributed by atoms with Crippen molar-refractivity contribution in [3.05, 3.63) is 63.9 Å². The predicted octanol–water partition coefficient (Wildman–Crippen LogP) is 2.97. The van der Waals surface area contributed by atoms with Gasteiger partial charge < -0.3 is 4.90 Å². The molecule has 1 atom stereocenters. The summed E-state index contributed by atoms with van der Waals surface area (Å²) in [6, 6.07) is 13.4. The van der Waals surface area contributed by atoms with Crippen LogP contribution in [0.2, 0.25) is 0 Å². The van der Waals surface area contributed by atoms with Gasteiger partial charge in [-0.1, -0.05) is 41.6 Å². The number of benzene rings is 2. The van der Waals surface area contributed by atoms with E-state index in [1.165, 1.54) is 11.8 Å². The fourth-order valence-corrected chi connectivity index (χ4v) is 5.19. The van der Waals surface area contributed by atoms with Crippen LogP contribution in [0.1, 0.15) is 17.5 Å². The lowest BCUT2D eigenvalue weighted by atomic mass is 10.1. The van der Waals surface area contributed by atoms with Gasteiger partial charge in [0, 0.05) is 13.6 Å². The maximum absolute atomic E-state index is 13.4. The molecule has 1 aliphatic heterocycles. The third-order valence-corrected chi connectivity index (χ3v) is 6.81. The van der Waals surface area contributed by atoms with Crippen molar-refractivity contribution in [2.45, 2.75) is 30.7 Å². The number of para-hydroxylation sites is 1. The number of likely N-dealkylation sites (tertiary alicyclic amines) is 1. The lowest BCUT2D eigenvalue weighted by molar-refractivity contribution is -0.126. The highest BCUT2D eigenvalue weighted by molar-refractivity contribution is 8.00. The summed E-state index contributed by atoms with van der Waals surface area (Å²) in [5.41, 5.74) is 3.50. The second kappa shape index (κ2) is 6.98. The molecule has 1 aliphatic rings. The molecular weight excluding hydrogens is 398 g/mol. The third-order valence-electron chi connectivity index (χ3n) is 5.61. The van der Waals surface area contributed by atoms with Crippen LogP contribution in [0.3, 0.4) is 0 Å². The van der Waals surface area contributed by atoms with E-state index in [9.17, 15) is 9.59 Å². The summed E-state index contributed by atoms with van der Waals surface area (Å²) in [6.45, 7) is 4.75. The Hall–Kier alpha value is -3.13. The Morgan fingerprint density at radius 3 is 2.60 bits per heavy atom. The third kappa shape index (κ3) is 2.82. The van der Waals surface area contributed by atoms with Gasteiger partial charge in [-0.05, 0) is 44.0 Å². The summed E-state index contributed by atoms with van der Waals surface area (Å²) in [6.07, 6.45) is 0.767. The Labute approximate surface area is 177 Å². The van der Waals surface area contributed by atoms with Crippen LogP contribution in [0.5, 0.6) is 0 Å². The number of hydrogen-bond acceptors (Lipinski definition) is 5. The minimum absolute atomic E-state index is 0.101. The number of hydrogen-bond donors (Lipinski definition) is 0. The Morgan fingerprint density at radius 2 is 1.87 bits per heavy atom. The first-order chi connectivity index (χ1) is 14.5. The first-order valence-corrected chi connectivity index (χ1v) is 10.7. The summed E-state index contributed by atoms with van der Waals surface area (Å²) in [5, 5.41) is 9.79. The Bertz CT molecular complexity index is 1370. The van der Waals surface area contributed by atoms with Crippen LogP contribution in [0.15, 0.2) is 52.4 Å². The van der Waals surface area contributed by atoms with E-state index in [-0.39, 0.29) is 16.7 Å². The number of aromatic nitrogens is 4. The van der Waals surface area contributed by atoms with Crippen molar-refractivity contribution in [3.63, 3.8) is 0 Å². The molecule has 1 unspecified atom stereocenters. The molecule has 3 heterocycles. The SMILES string of the molecule is Cc1ccc(-n2c(=O)c3ccccc3n3c(SC4CCN(C)C4=O)nnc23)c(C)c1. The molecule has 5 rings (SSSR count). The van der Waals surface area contributed by atoms with Crippen LogP contribution in [0.25, 0.3) is 22.4 Å². The molecule has 0 bridgehead atoms. The molecule has 0 N–H and O–H groups in total. The van der Waals surface area contributed by atoms with E-state index in [4.69, 9.17) is 0 Å². The summed E-state index contributed by atoms with van der Waals surface area (Å²) >= 11 is 1.41. The summed E-state index contributed by atoms with van der Waals surface area (Å²) in [4.78, 5) is 27.6. The van der Waals surface area contributed by atoms with Gasteiger partial charge in [-0.25, -0.2) is 4.57 Å². The van der Waals surface area contributed by atoms with Crippen molar-refractivity contribution >= 4 is 34.3 Å². The fraction of sp³-hybridized carbons (Fsp3) is 0.273. The molecule has 0 aliphatic carbocycles. The minimum Gasteiger partial charge on any atom is -0.345 e. The van der Waals surface area contributed by atoms with Crippen molar-refractivity contribution in [2.75, 3.05) is 13.6 Å². The van der Waals surface area contributed by atoms with Crippen molar-refractivity contribution < 1.29 is 4.79 Å². The Morgan fingerprint density at radius 1 is 1.07 bits per heavy atom. The molecule has 30 heavy (non-hydrogen) atoms. The maximum Gasteiger partial charge on any atom is 0.267 e. The second-order valence-corrected chi connectivity index (χ2v) is 8.89. The van der Waals surface area contributed by atoms with E-state index in [1.54, 1.807) is 9.47 Å². The van der Waals surface area contributed by atoms with Gasteiger partial charge in [-0.2, -0.15) is 0 Å². The first-order valence-electron chi connectivity index (χ1n) is 9.84. The van der Waals surface area contributed by atoms with Crippen LogP contribution < -0.4 is 5.56 Å². The number of fused-ring (bicyclic) bond motifs is 3. The van der Waals surface area contributed by atoms with E-state index in [0.717, 1.165) is 35.3 Å². The van der Waals surface area contributed by atoms with E-state index >= 15 is 0 Å². The van der Waals surface area contributed by atoms with Crippen LogP contribution >= 0.6 is 11.8 Å². The zero-order chi connectivity index (χ0) is 21.0. The lowest BCUT2D eigenvalue weighted by Crippen LogP contribution is -2.24. The normalized spacial score (nSPS) is 16.8. The van der Waals surface area contributed by atoms with Gasteiger partial charge in [0.2, 0.25) is 11.7 Å². The van der Waals surface area contributed by atoms with E-state index in [2.05, 4.69) is 10.2 Å². The predicted molar refractivity (Wildman–Crippen MR) is 117 cm³/mol. The van der Waals surface area contributed by atoms with Crippen LogP contribution in [0.4, 0.5) is 0 Å². The Kier molecular flexibility index (Phi) is 4.39. The van der Waals surface area contributed by atoms with Gasteiger partial charge in [0.15, 0.2) is 5.16 Å². The highest BCUT2D eigenvalue weighted by atomic mass is 32.2. The van der Waals surface area contributed by atoms with Crippen molar-refractivity contribution in [1.29, 1.82) is 0 Å². The molecule has 7 nitrogen and oxygen atoms in total. The molecule has 0 saturated carbocycles. The van der Waals surface area contributed by atoms with Gasteiger partial charge in [0.1, 0.15) is 0 Å². The largest absolute Gasteiger partial charge is 0.345 e. The van der Waals surface area contributed by atoms with Gasteiger partial charge in [-0.15, -0.1) is 10.2 Å². The van der Waals surface area contributed by atoms with Crippen molar-refractivity contribution in [3.8, 4) is 5.69 Å². The van der Waals surface area contributed by atoms with Gasteiger partial charge in [0.25, 0.3) is 5.56 Å². The summed E-state index contributed by atoms with van der Waals surface area (Å²) < 4.78 is 3.52. The molecular formula is C22H21N5O2S. The summed E-state index contributed by atoms with van der Waals surface area (Å²) in [5.74, 6) is 0.552. The fourth-order valence-electron chi connectivity index (χ4n) is 4.06. The molecule has 4 aromatic rings. The highest BCUT2D eigenvalue weighted by Gasteiger charge is 2.32. The van der Waals surface area contributed by atoms with Crippen molar-refractivity contribution in [1.82, 2.24) is 24.1 Å². The number of rotatable bonds is 3. The number of carbonyl (C=O) groups excluding carboxylic acids is 1. The molecule has 1 saturated heterocycles. The van der Waals surface area contributed by atoms with Gasteiger partial charge in [0.05, 0.1) is 21.8 Å².